The predicted molar refractivity (Wildman–Crippen MR) is 141 cm³/mol. The quantitative estimate of drug-likeness (QED) is 0.252. The lowest BCUT2D eigenvalue weighted by Gasteiger charge is -2.16. The van der Waals surface area contributed by atoms with E-state index in [9.17, 15) is 29.4 Å². The number of hydrogen-bond acceptors (Lipinski definition) is 6. The molecular formula is C25H23Cl2N3O6S. The number of rotatable bonds is 10. The van der Waals surface area contributed by atoms with Crippen LogP contribution >= 0.6 is 34.5 Å². The monoisotopic (exact) mass is 563 g/mol. The van der Waals surface area contributed by atoms with E-state index in [2.05, 4.69) is 16.0 Å². The molecule has 0 saturated heterocycles. The van der Waals surface area contributed by atoms with Crippen LogP contribution in [-0.4, -0.2) is 46.5 Å². The largest absolute Gasteiger partial charge is 0.508 e. The SMILES string of the molecule is Cc1ccc(C(=O)NCC[C@H](NC(=O)c2c(Cl)cc(C(=O)NCc3cccc(O)c3)cc2Cl)C(=O)O)s1. The summed E-state index contributed by atoms with van der Waals surface area (Å²) in [6.07, 6.45) is -0.0814. The van der Waals surface area contributed by atoms with Crippen LogP contribution in [0.2, 0.25) is 10.0 Å². The van der Waals surface area contributed by atoms with E-state index in [1.54, 1.807) is 24.3 Å². The van der Waals surface area contributed by atoms with Crippen LogP contribution in [0.5, 0.6) is 5.75 Å². The third-order valence-electron chi connectivity index (χ3n) is 5.18. The van der Waals surface area contributed by atoms with E-state index >= 15 is 0 Å². The zero-order chi connectivity index (χ0) is 27.1. The first-order valence-electron chi connectivity index (χ1n) is 11.0. The normalized spacial score (nSPS) is 11.4. The van der Waals surface area contributed by atoms with Crippen molar-refractivity contribution in [3.05, 3.63) is 85.0 Å². The summed E-state index contributed by atoms with van der Waals surface area (Å²) in [5.41, 5.74) is 0.577. The van der Waals surface area contributed by atoms with Gasteiger partial charge in [0.25, 0.3) is 17.7 Å². The van der Waals surface area contributed by atoms with Crippen LogP contribution in [0.25, 0.3) is 0 Å². The van der Waals surface area contributed by atoms with Gasteiger partial charge in [0.2, 0.25) is 0 Å². The minimum absolute atomic E-state index is 0.00674. The molecule has 0 aliphatic heterocycles. The average Bonchev–Trinajstić information content (AvgIpc) is 3.27. The topological polar surface area (TPSA) is 145 Å². The predicted octanol–water partition coefficient (Wildman–Crippen LogP) is 4.00. The molecule has 9 nitrogen and oxygen atoms in total. The van der Waals surface area contributed by atoms with Crippen molar-refractivity contribution in [3.8, 4) is 5.75 Å². The minimum Gasteiger partial charge on any atom is -0.508 e. The molecule has 3 aromatic rings. The fraction of sp³-hybridized carbons (Fsp3) is 0.200. The molecular weight excluding hydrogens is 541 g/mol. The molecule has 12 heteroatoms. The van der Waals surface area contributed by atoms with Gasteiger partial charge in [0, 0.05) is 23.5 Å². The second-order valence-electron chi connectivity index (χ2n) is 7.99. The standard InChI is InChI=1S/C25H23Cl2N3O6S/c1-13-5-6-20(37-13)23(33)28-8-7-19(25(35)36)30-24(34)21-17(26)10-15(11-18(21)27)22(32)29-12-14-3-2-4-16(31)9-14/h2-6,9-11,19,31H,7-8,12H2,1H3,(H,28,33)(H,29,32)(H,30,34)(H,35,36)/t19-/m0/s1. The van der Waals surface area contributed by atoms with Gasteiger partial charge < -0.3 is 26.2 Å². The molecule has 0 radical (unpaired) electrons. The first-order valence-corrected chi connectivity index (χ1v) is 12.6. The maximum Gasteiger partial charge on any atom is 0.326 e. The Bertz CT molecular complexity index is 1320. The summed E-state index contributed by atoms with van der Waals surface area (Å²) in [5, 5.41) is 26.4. The highest BCUT2D eigenvalue weighted by Crippen LogP contribution is 2.27. The zero-order valence-electron chi connectivity index (χ0n) is 19.5. The second-order valence-corrected chi connectivity index (χ2v) is 10.1. The number of benzene rings is 2. The number of aromatic hydroxyl groups is 1. The summed E-state index contributed by atoms with van der Waals surface area (Å²) in [6, 6.07) is 11.0. The Morgan fingerprint density at radius 1 is 0.946 bits per heavy atom. The number of carbonyl (C=O) groups excluding carboxylic acids is 3. The van der Waals surface area contributed by atoms with E-state index < -0.39 is 23.8 Å². The Hall–Kier alpha value is -3.60. The van der Waals surface area contributed by atoms with E-state index in [0.717, 1.165) is 4.88 Å². The molecule has 0 fully saturated rings. The number of aliphatic carboxylic acids is 1. The van der Waals surface area contributed by atoms with Crippen molar-refractivity contribution in [2.45, 2.75) is 25.9 Å². The van der Waals surface area contributed by atoms with Gasteiger partial charge in [-0.3, -0.25) is 14.4 Å². The van der Waals surface area contributed by atoms with Crippen LogP contribution in [0, 0.1) is 6.92 Å². The van der Waals surface area contributed by atoms with Crippen molar-refractivity contribution in [1.29, 1.82) is 0 Å². The lowest BCUT2D eigenvalue weighted by atomic mass is 10.1. The Morgan fingerprint density at radius 2 is 1.65 bits per heavy atom. The highest BCUT2D eigenvalue weighted by atomic mass is 35.5. The van der Waals surface area contributed by atoms with E-state index in [1.807, 2.05) is 6.92 Å². The first-order chi connectivity index (χ1) is 17.5. The maximum atomic E-state index is 12.8. The molecule has 194 valence electrons. The molecule has 2 aromatic carbocycles. The van der Waals surface area contributed by atoms with Gasteiger partial charge in [-0.1, -0.05) is 35.3 Å². The molecule has 1 heterocycles. The van der Waals surface area contributed by atoms with Crippen LogP contribution in [0.4, 0.5) is 0 Å². The second kappa shape index (κ2) is 12.6. The molecule has 0 saturated carbocycles. The minimum atomic E-state index is -1.32. The average molecular weight is 564 g/mol. The van der Waals surface area contributed by atoms with Gasteiger partial charge in [-0.15, -0.1) is 11.3 Å². The number of nitrogens with one attached hydrogen (secondary N) is 3. The zero-order valence-corrected chi connectivity index (χ0v) is 21.8. The van der Waals surface area contributed by atoms with E-state index in [4.69, 9.17) is 23.2 Å². The third kappa shape index (κ3) is 7.69. The molecule has 0 spiro atoms. The third-order valence-corrected chi connectivity index (χ3v) is 6.78. The number of hydrogen-bond donors (Lipinski definition) is 5. The molecule has 0 aliphatic carbocycles. The van der Waals surface area contributed by atoms with Crippen molar-refractivity contribution in [2.75, 3.05) is 6.54 Å². The number of phenols is 1. The molecule has 3 rings (SSSR count). The fourth-order valence-corrected chi connectivity index (χ4v) is 4.78. The Morgan fingerprint density at radius 3 is 2.24 bits per heavy atom. The van der Waals surface area contributed by atoms with Crippen molar-refractivity contribution in [3.63, 3.8) is 0 Å². The number of carboxylic acid groups (broad SMARTS) is 1. The lowest BCUT2D eigenvalue weighted by Crippen LogP contribution is -2.43. The van der Waals surface area contributed by atoms with Gasteiger partial charge in [-0.05, 0) is 55.3 Å². The van der Waals surface area contributed by atoms with Crippen LogP contribution in [0.3, 0.4) is 0 Å². The molecule has 0 unspecified atom stereocenters. The molecule has 3 amide bonds. The van der Waals surface area contributed by atoms with Gasteiger partial charge in [-0.2, -0.15) is 0 Å². The van der Waals surface area contributed by atoms with Crippen molar-refractivity contribution >= 4 is 58.2 Å². The van der Waals surface area contributed by atoms with E-state index in [0.29, 0.717) is 10.4 Å². The molecule has 5 N–H and O–H groups in total. The number of aryl methyl sites for hydroxylation is 1. The number of amides is 3. The summed E-state index contributed by atoms with van der Waals surface area (Å²) in [5.74, 6) is -2.93. The summed E-state index contributed by atoms with van der Waals surface area (Å²) < 4.78 is 0. The molecule has 1 atom stereocenters. The Kier molecular flexibility index (Phi) is 9.51. The number of halogens is 2. The van der Waals surface area contributed by atoms with Crippen LogP contribution < -0.4 is 16.0 Å². The highest BCUT2D eigenvalue weighted by molar-refractivity contribution is 7.13. The summed E-state index contributed by atoms with van der Waals surface area (Å²) in [7, 11) is 0. The van der Waals surface area contributed by atoms with Crippen LogP contribution in [0.15, 0.2) is 48.5 Å². The first kappa shape index (κ1) is 28.0. The molecule has 1 aromatic heterocycles. The van der Waals surface area contributed by atoms with Gasteiger partial charge in [0.15, 0.2) is 0 Å². The molecule has 0 bridgehead atoms. The summed E-state index contributed by atoms with van der Waals surface area (Å²) in [6.45, 7) is 2.00. The van der Waals surface area contributed by atoms with Gasteiger partial charge in [0.1, 0.15) is 11.8 Å². The van der Waals surface area contributed by atoms with Crippen LogP contribution in [-0.2, 0) is 11.3 Å². The van der Waals surface area contributed by atoms with Gasteiger partial charge >= 0.3 is 5.97 Å². The number of carboxylic acids is 1. The number of carbonyl (C=O) groups is 4. The summed E-state index contributed by atoms with van der Waals surface area (Å²) in [4.78, 5) is 50.6. The van der Waals surface area contributed by atoms with E-state index in [1.165, 1.54) is 35.6 Å². The summed E-state index contributed by atoms with van der Waals surface area (Å²) >= 11 is 13.8. The number of phenolic OH excluding ortho intramolecular Hbond substituents is 1. The number of thiophene rings is 1. The Balaban J connectivity index is 1.61. The van der Waals surface area contributed by atoms with Crippen molar-refractivity contribution in [1.82, 2.24) is 16.0 Å². The molecule has 0 aliphatic rings. The maximum absolute atomic E-state index is 12.8. The fourth-order valence-electron chi connectivity index (χ4n) is 3.33. The molecule has 37 heavy (non-hydrogen) atoms. The Labute approximate surface area is 226 Å². The van der Waals surface area contributed by atoms with Gasteiger partial charge in [0.05, 0.1) is 20.5 Å². The van der Waals surface area contributed by atoms with Crippen molar-refractivity contribution in [2.24, 2.45) is 0 Å². The van der Waals surface area contributed by atoms with Gasteiger partial charge in [-0.25, -0.2) is 4.79 Å². The van der Waals surface area contributed by atoms with E-state index in [-0.39, 0.29) is 52.3 Å². The van der Waals surface area contributed by atoms with Crippen LogP contribution in [0.1, 0.15) is 47.2 Å². The smallest absolute Gasteiger partial charge is 0.326 e. The highest BCUT2D eigenvalue weighted by Gasteiger charge is 2.25. The lowest BCUT2D eigenvalue weighted by molar-refractivity contribution is -0.139. The van der Waals surface area contributed by atoms with Crippen molar-refractivity contribution < 1.29 is 29.4 Å².